The van der Waals surface area contributed by atoms with E-state index in [0.29, 0.717) is 18.1 Å². The third-order valence-electron chi connectivity index (χ3n) is 2.48. The van der Waals surface area contributed by atoms with Crippen molar-refractivity contribution in [1.29, 1.82) is 0 Å². The standard InChI is InChI=1S/C13H12ClNO3S/c1-8-6-9(2-3-10(8)14)18-5-4-12-15-7-11(19-12)13(16)17/h2-3,6-7H,4-5H2,1H3,(H,16,17). The molecule has 0 saturated heterocycles. The van der Waals surface area contributed by atoms with Gasteiger partial charge in [-0.3, -0.25) is 0 Å². The molecule has 0 fully saturated rings. The molecule has 0 aliphatic rings. The number of carboxylic acids is 1. The Bertz CT molecular complexity index is 597. The lowest BCUT2D eigenvalue weighted by Gasteiger charge is -2.06. The molecule has 1 aromatic carbocycles. The molecule has 4 nitrogen and oxygen atoms in total. The Morgan fingerprint density at radius 3 is 2.95 bits per heavy atom. The van der Waals surface area contributed by atoms with Crippen LogP contribution in [0.3, 0.4) is 0 Å². The van der Waals surface area contributed by atoms with E-state index in [2.05, 4.69) is 4.98 Å². The van der Waals surface area contributed by atoms with Crippen LogP contribution in [-0.4, -0.2) is 22.7 Å². The van der Waals surface area contributed by atoms with Gasteiger partial charge in [-0.1, -0.05) is 11.6 Å². The highest BCUT2D eigenvalue weighted by molar-refractivity contribution is 7.13. The SMILES string of the molecule is Cc1cc(OCCc2ncc(C(=O)O)s2)ccc1Cl. The first-order valence-corrected chi connectivity index (χ1v) is 6.82. The Morgan fingerprint density at radius 2 is 2.32 bits per heavy atom. The number of carboxylic acid groups (broad SMARTS) is 1. The van der Waals surface area contributed by atoms with Crippen LogP contribution in [0.4, 0.5) is 0 Å². The van der Waals surface area contributed by atoms with Crippen LogP contribution in [0.1, 0.15) is 20.2 Å². The van der Waals surface area contributed by atoms with Gasteiger partial charge >= 0.3 is 5.97 Å². The first-order valence-electron chi connectivity index (χ1n) is 5.63. The number of nitrogens with zero attached hydrogens (tertiary/aromatic N) is 1. The number of carbonyl (C=O) groups is 1. The van der Waals surface area contributed by atoms with Crippen molar-refractivity contribution >= 4 is 28.9 Å². The predicted molar refractivity (Wildman–Crippen MR) is 74.5 cm³/mol. The Labute approximate surface area is 119 Å². The summed E-state index contributed by atoms with van der Waals surface area (Å²) in [5.74, 6) is -0.199. The van der Waals surface area contributed by atoms with Gasteiger partial charge in [-0.2, -0.15) is 0 Å². The molecule has 0 saturated carbocycles. The van der Waals surface area contributed by atoms with Gasteiger partial charge in [-0.15, -0.1) is 11.3 Å². The van der Waals surface area contributed by atoms with Gasteiger partial charge < -0.3 is 9.84 Å². The van der Waals surface area contributed by atoms with Crippen molar-refractivity contribution in [3.05, 3.63) is 44.9 Å². The first kappa shape index (κ1) is 13.8. The molecule has 0 aliphatic heterocycles. The number of aromatic nitrogens is 1. The lowest BCUT2D eigenvalue weighted by Crippen LogP contribution is -2.01. The van der Waals surface area contributed by atoms with Crippen molar-refractivity contribution in [2.24, 2.45) is 0 Å². The van der Waals surface area contributed by atoms with Crippen LogP contribution in [0.15, 0.2) is 24.4 Å². The molecule has 6 heteroatoms. The van der Waals surface area contributed by atoms with Crippen LogP contribution >= 0.6 is 22.9 Å². The van der Waals surface area contributed by atoms with Gasteiger partial charge in [0.15, 0.2) is 0 Å². The highest BCUT2D eigenvalue weighted by atomic mass is 35.5. The summed E-state index contributed by atoms with van der Waals surface area (Å²) in [5.41, 5.74) is 0.960. The molecule has 0 atom stereocenters. The number of ether oxygens (including phenoxy) is 1. The van der Waals surface area contributed by atoms with Crippen LogP contribution < -0.4 is 4.74 Å². The van der Waals surface area contributed by atoms with Crippen molar-refractivity contribution in [2.45, 2.75) is 13.3 Å². The van der Waals surface area contributed by atoms with Crippen molar-refractivity contribution < 1.29 is 14.6 Å². The lowest BCUT2D eigenvalue weighted by atomic mass is 10.2. The number of rotatable bonds is 5. The van der Waals surface area contributed by atoms with E-state index in [0.717, 1.165) is 16.3 Å². The Balaban J connectivity index is 1.88. The average molecular weight is 298 g/mol. The Hall–Kier alpha value is -1.59. The molecular formula is C13H12ClNO3S. The lowest BCUT2D eigenvalue weighted by molar-refractivity contribution is 0.0702. The molecule has 100 valence electrons. The molecule has 1 aromatic heterocycles. The van der Waals surface area contributed by atoms with E-state index in [9.17, 15) is 4.79 Å². The molecule has 0 unspecified atom stereocenters. The minimum absolute atomic E-state index is 0.248. The summed E-state index contributed by atoms with van der Waals surface area (Å²) in [4.78, 5) is 15.0. The minimum atomic E-state index is -0.946. The first-order chi connectivity index (χ1) is 9.06. The fraction of sp³-hybridized carbons (Fsp3) is 0.231. The Morgan fingerprint density at radius 1 is 1.53 bits per heavy atom. The molecule has 2 aromatic rings. The van der Waals surface area contributed by atoms with Crippen LogP contribution in [0.25, 0.3) is 0 Å². The monoisotopic (exact) mass is 297 g/mol. The maximum Gasteiger partial charge on any atom is 0.347 e. The number of benzene rings is 1. The summed E-state index contributed by atoms with van der Waals surface area (Å²) in [6, 6.07) is 5.46. The third kappa shape index (κ3) is 3.68. The minimum Gasteiger partial charge on any atom is -0.493 e. The van der Waals surface area contributed by atoms with Gasteiger partial charge in [-0.05, 0) is 30.7 Å². The normalized spacial score (nSPS) is 10.4. The number of halogens is 1. The highest BCUT2D eigenvalue weighted by Crippen LogP contribution is 2.21. The number of hydrogen-bond acceptors (Lipinski definition) is 4. The fourth-order valence-electron chi connectivity index (χ4n) is 1.49. The smallest absolute Gasteiger partial charge is 0.347 e. The number of aryl methyl sites for hydroxylation is 1. The van der Waals surface area contributed by atoms with E-state index in [4.69, 9.17) is 21.4 Å². The molecule has 1 heterocycles. The second-order valence-electron chi connectivity index (χ2n) is 3.93. The largest absolute Gasteiger partial charge is 0.493 e. The van der Waals surface area contributed by atoms with Crippen LogP contribution in [-0.2, 0) is 6.42 Å². The number of aromatic carboxylic acids is 1. The van der Waals surface area contributed by atoms with E-state index in [-0.39, 0.29) is 4.88 Å². The number of thiazole rings is 1. The maximum atomic E-state index is 10.7. The van der Waals surface area contributed by atoms with Crippen molar-refractivity contribution in [2.75, 3.05) is 6.61 Å². The van der Waals surface area contributed by atoms with E-state index in [1.165, 1.54) is 17.5 Å². The van der Waals surface area contributed by atoms with Crippen LogP contribution in [0.2, 0.25) is 5.02 Å². The van der Waals surface area contributed by atoms with E-state index in [1.807, 2.05) is 13.0 Å². The summed E-state index contributed by atoms with van der Waals surface area (Å²) in [6.45, 7) is 2.36. The highest BCUT2D eigenvalue weighted by Gasteiger charge is 2.08. The molecule has 0 radical (unpaired) electrons. The second-order valence-corrected chi connectivity index (χ2v) is 5.46. The predicted octanol–water partition coefficient (Wildman–Crippen LogP) is 3.42. The summed E-state index contributed by atoms with van der Waals surface area (Å²) in [6.07, 6.45) is 1.95. The van der Waals surface area contributed by atoms with Crippen molar-refractivity contribution in [3.63, 3.8) is 0 Å². The summed E-state index contributed by atoms with van der Waals surface area (Å²) >= 11 is 7.09. The van der Waals surface area contributed by atoms with Gasteiger partial charge in [0.05, 0.1) is 17.8 Å². The molecule has 0 spiro atoms. The van der Waals surface area contributed by atoms with Crippen LogP contribution in [0.5, 0.6) is 5.75 Å². The maximum absolute atomic E-state index is 10.7. The topological polar surface area (TPSA) is 59.4 Å². The molecule has 2 rings (SSSR count). The van der Waals surface area contributed by atoms with Crippen LogP contribution in [0, 0.1) is 6.92 Å². The molecule has 0 aliphatic carbocycles. The molecule has 1 N–H and O–H groups in total. The zero-order valence-electron chi connectivity index (χ0n) is 10.2. The zero-order chi connectivity index (χ0) is 13.8. The van der Waals surface area contributed by atoms with E-state index in [1.54, 1.807) is 12.1 Å². The van der Waals surface area contributed by atoms with Gasteiger partial charge in [0.25, 0.3) is 0 Å². The summed E-state index contributed by atoms with van der Waals surface area (Å²) in [5, 5.41) is 10.2. The summed E-state index contributed by atoms with van der Waals surface area (Å²) in [7, 11) is 0. The zero-order valence-corrected chi connectivity index (χ0v) is 11.8. The molecular weight excluding hydrogens is 286 g/mol. The van der Waals surface area contributed by atoms with Gasteiger partial charge in [0, 0.05) is 11.4 Å². The Kier molecular flexibility index (Phi) is 4.39. The van der Waals surface area contributed by atoms with Gasteiger partial charge in [0.2, 0.25) is 0 Å². The van der Waals surface area contributed by atoms with Crippen molar-refractivity contribution in [3.8, 4) is 5.75 Å². The number of hydrogen-bond donors (Lipinski definition) is 1. The fourth-order valence-corrected chi connectivity index (χ4v) is 2.34. The second kappa shape index (κ2) is 6.04. The van der Waals surface area contributed by atoms with E-state index < -0.39 is 5.97 Å². The molecule has 0 amide bonds. The quantitative estimate of drug-likeness (QED) is 0.918. The summed E-state index contributed by atoms with van der Waals surface area (Å²) < 4.78 is 5.58. The van der Waals surface area contributed by atoms with E-state index >= 15 is 0 Å². The molecule has 19 heavy (non-hydrogen) atoms. The molecule has 0 bridgehead atoms. The van der Waals surface area contributed by atoms with Gasteiger partial charge in [0.1, 0.15) is 10.6 Å². The average Bonchev–Trinajstić information content (AvgIpc) is 2.83. The van der Waals surface area contributed by atoms with Gasteiger partial charge in [-0.25, -0.2) is 9.78 Å². The third-order valence-corrected chi connectivity index (χ3v) is 3.95. The van der Waals surface area contributed by atoms with Crippen molar-refractivity contribution in [1.82, 2.24) is 4.98 Å².